The van der Waals surface area contributed by atoms with E-state index < -0.39 is 15.8 Å². The highest BCUT2D eigenvalue weighted by Crippen LogP contribution is 2.26. The number of sulfonamides is 1. The van der Waals surface area contributed by atoms with Crippen molar-refractivity contribution in [1.82, 2.24) is 4.31 Å². The van der Waals surface area contributed by atoms with Gasteiger partial charge in [0.2, 0.25) is 10.0 Å². The molecule has 1 heterocycles. The van der Waals surface area contributed by atoms with Crippen molar-refractivity contribution in [3.05, 3.63) is 59.4 Å². The number of halogens is 1. The maximum absolute atomic E-state index is 13.5. The molecule has 4 nitrogen and oxygen atoms in total. The van der Waals surface area contributed by atoms with Crippen LogP contribution in [0.1, 0.15) is 11.1 Å². The van der Waals surface area contributed by atoms with Gasteiger partial charge in [0.1, 0.15) is 5.82 Å². The van der Waals surface area contributed by atoms with Crippen LogP contribution in [0.4, 0.5) is 10.1 Å². The SMILES string of the molecule is Nc1ccc(S(=O)(=O)N2CCc3ccccc3C2)cc1F. The van der Waals surface area contributed by atoms with Gasteiger partial charge in [-0.3, -0.25) is 0 Å². The Morgan fingerprint density at radius 1 is 1.10 bits per heavy atom. The lowest BCUT2D eigenvalue weighted by Gasteiger charge is -2.28. The van der Waals surface area contributed by atoms with E-state index in [4.69, 9.17) is 5.73 Å². The highest BCUT2D eigenvalue weighted by atomic mass is 32.2. The maximum Gasteiger partial charge on any atom is 0.243 e. The molecule has 0 saturated carbocycles. The Kier molecular flexibility index (Phi) is 3.43. The minimum absolute atomic E-state index is 0.0575. The molecular weight excluding hydrogens is 291 g/mol. The van der Waals surface area contributed by atoms with Crippen molar-refractivity contribution < 1.29 is 12.8 Å². The summed E-state index contributed by atoms with van der Waals surface area (Å²) in [5.41, 5.74) is 7.48. The van der Waals surface area contributed by atoms with Gasteiger partial charge in [0.25, 0.3) is 0 Å². The fourth-order valence-electron chi connectivity index (χ4n) is 2.49. The third-order valence-electron chi connectivity index (χ3n) is 3.71. The molecule has 0 unspecified atom stereocenters. The van der Waals surface area contributed by atoms with Gasteiger partial charge in [0, 0.05) is 13.1 Å². The van der Waals surface area contributed by atoms with Gasteiger partial charge in [0.05, 0.1) is 10.6 Å². The minimum atomic E-state index is -3.71. The van der Waals surface area contributed by atoms with Gasteiger partial charge in [-0.1, -0.05) is 24.3 Å². The van der Waals surface area contributed by atoms with E-state index in [9.17, 15) is 12.8 Å². The first-order valence-electron chi connectivity index (χ1n) is 6.60. The summed E-state index contributed by atoms with van der Waals surface area (Å²) in [6.07, 6.45) is 0.660. The van der Waals surface area contributed by atoms with Crippen molar-refractivity contribution in [2.75, 3.05) is 12.3 Å². The third-order valence-corrected chi connectivity index (χ3v) is 5.55. The lowest BCUT2D eigenvalue weighted by Crippen LogP contribution is -2.36. The van der Waals surface area contributed by atoms with E-state index in [1.54, 1.807) is 0 Å². The summed E-state index contributed by atoms with van der Waals surface area (Å²) in [7, 11) is -3.71. The zero-order valence-electron chi connectivity index (χ0n) is 11.3. The van der Waals surface area contributed by atoms with Crippen molar-refractivity contribution in [2.45, 2.75) is 17.9 Å². The van der Waals surface area contributed by atoms with Crippen LogP contribution < -0.4 is 5.73 Å². The van der Waals surface area contributed by atoms with Crippen LogP contribution >= 0.6 is 0 Å². The molecule has 1 aliphatic heterocycles. The zero-order valence-corrected chi connectivity index (χ0v) is 12.1. The van der Waals surface area contributed by atoms with Gasteiger partial charge in [-0.15, -0.1) is 0 Å². The number of hydrogen-bond acceptors (Lipinski definition) is 3. The van der Waals surface area contributed by atoms with Crippen LogP contribution in [0.2, 0.25) is 0 Å². The Balaban J connectivity index is 1.95. The molecule has 0 amide bonds. The summed E-state index contributed by atoms with van der Waals surface area (Å²) in [5, 5.41) is 0. The predicted molar refractivity (Wildman–Crippen MR) is 78.6 cm³/mol. The second kappa shape index (κ2) is 5.13. The van der Waals surface area contributed by atoms with E-state index in [0.29, 0.717) is 19.5 Å². The first-order chi connectivity index (χ1) is 9.98. The first kappa shape index (κ1) is 14.0. The van der Waals surface area contributed by atoms with Gasteiger partial charge in [-0.2, -0.15) is 4.31 Å². The molecule has 21 heavy (non-hydrogen) atoms. The number of anilines is 1. The van der Waals surface area contributed by atoms with Crippen LogP contribution in [-0.4, -0.2) is 19.3 Å². The predicted octanol–water partition coefficient (Wildman–Crippen LogP) is 2.15. The molecule has 0 saturated heterocycles. The van der Waals surface area contributed by atoms with E-state index in [2.05, 4.69) is 0 Å². The molecule has 0 aliphatic carbocycles. The fourth-order valence-corrected chi connectivity index (χ4v) is 3.92. The first-order valence-corrected chi connectivity index (χ1v) is 8.04. The minimum Gasteiger partial charge on any atom is -0.396 e. The van der Waals surface area contributed by atoms with E-state index in [0.717, 1.165) is 17.2 Å². The Morgan fingerprint density at radius 2 is 1.81 bits per heavy atom. The highest BCUT2D eigenvalue weighted by molar-refractivity contribution is 7.89. The van der Waals surface area contributed by atoms with Crippen LogP contribution in [-0.2, 0) is 23.0 Å². The monoisotopic (exact) mass is 306 g/mol. The van der Waals surface area contributed by atoms with Crippen molar-refractivity contribution in [1.29, 1.82) is 0 Å². The van der Waals surface area contributed by atoms with Crippen LogP contribution in [0, 0.1) is 5.82 Å². The molecule has 6 heteroatoms. The number of fused-ring (bicyclic) bond motifs is 1. The molecule has 0 atom stereocenters. The Morgan fingerprint density at radius 3 is 2.52 bits per heavy atom. The largest absolute Gasteiger partial charge is 0.396 e. The van der Waals surface area contributed by atoms with Gasteiger partial charge in [-0.25, -0.2) is 12.8 Å². The zero-order chi connectivity index (χ0) is 15.0. The van der Waals surface area contributed by atoms with Crippen LogP contribution in [0.5, 0.6) is 0 Å². The summed E-state index contributed by atoms with van der Waals surface area (Å²) in [4.78, 5) is -0.0615. The number of hydrogen-bond donors (Lipinski definition) is 1. The quantitative estimate of drug-likeness (QED) is 0.865. The number of nitrogens with two attached hydrogens (primary N) is 1. The molecule has 2 N–H and O–H groups in total. The van der Waals surface area contributed by atoms with Crippen LogP contribution in [0.25, 0.3) is 0 Å². The van der Waals surface area contributed by atoms with E-state index in [1.165, 1.54) is 16.4 Å². The molecule has 0 aromatic heterocycles. The van der Waals surface area contributed by atoms with Crippen molar-refractivity contribution in [3.63, 3.8) is 0 Å². The molecule has 0 radical (unpaired) electrons. The van der Waals surface area contributed by atoms with Crippen molar-refractivity contribution >= 4 is 15.7 Å². The standard InChI is InChI=1S/C15H15FN2O2S/c16-14-9-13(5-6-15(14)17)21(19,20)18-8-7-11-3-1-2-4-12(11)10-18/h1-6,9H,7-8,10,17H2. The summed E-state index contributed by atoms with van der Waals surface area (Å²) in [6.45, 7) is 0.704. The second-order valence-corrected chi connectivity index (χ2v) is 6.98. The van der Waals surface area contributed by atoms with Crippen molar-refractivity contribution in [2.24, 2.45) is 0 Å². The molecule has 0 bridgehead atoms. The number of rotatable bonds is 2. The summed E-state index contributed by atoms with van der Waals surface area (Å²) < 4.78 is 40.0. The summed E-state index contributed by atoms with van der Waals surface area (Å²) in [6, 6.07) is 11.3. The number of benzene rings is 2. The normalized spacial score (nSPS) is 15.7. The molecule has 3 rings (SSSR count). The van der Waals surface area contributed by atoms with Gasteiger partial charge >= 0.3 is 0 Å². The molecule has 2 aromatic carbocycles. The van der Waals surface area contributed by atoms with E-state index >= 15 is 0 Å². The fraction of sp³-hybridized carbons (Fsp3) is 0.200. The Labute approximate surface area is 123 Å². The van der Waals surface area contributed by atoms with Crippen LogP contribution in [0.15, 0.2) is 47.4 Å². The number of nitrogens with zero attached hydrogens (tertiary/aromatic N) is 1. The molecule has 0 spiro atoms. The summed E-state index contributed by atoms with van der Waals surface area (Å²) >= 11 is 0. The van der Waals surface area contributed by atoms with E-state index in [-0.39, 0.29) is 10.6 Å². The molecular formula is C15H15FN2O2S. The Bertz CT molecular complexity index is 790. The maximum atomic E-state index is 13.5. The highest BCUT2D eigenvalue weighted by Gasteiger charge is 2.28. The Hall–Kier alpha value is -1.92. The van der Waals surface area contributed by atoms with Crippen molar-refractivity contribution in [3.8, 4) is 0 Å². The second-order valence-electron chi connectivity index (χ2n) is 5.04. The third kappa shape index (κ3) is 2.52. The summed E-state index contributed by atoms with van der Waals surface area (Å²) in [5.74, 6) is -0.714. The van der Waals surface area contributed by atoms with Gasteiger partial charge in [0.15, 0.2) is 0 Å². The lowest BCUT2D eigenvalue weighted by atomic mass is 10.0. The average Bonchev–Trinajstić information content (AvgIpc) is 2.49. The van der Waals surface area contributed by atoms with Gasteiger partial charge in [-0.05, 0) is 35.7 Å². The molecule has 0 fully saturated rings. The average molecular weight is 306 g/mol. The lowest BCUT2D eigenvalue weighted by molar-refractivity contribution is 0.391. The smallest absolute Gasteiger partial charge is 0.243 e. The molecule has 2 aromatic rings. The van der Waals surface area contributed by atoms with E-state index in [1.807, 2.05) is 24.3 Å². The molecule has 1 aliphatic rings. The molecule has 110 valence electrons. The topological polar surface area (TPSA) is 63.4 Å². The van der Waals surface area contributed by atoms with Gasteiger partial charge < -0.3 is 5.73 Å². The van der Waals surface area contributed by atoms with Crippen LogP contribution in [0.3, 0.4) is 0 Å². The number of nitrogen functional groups attached to an aromatic ring is 1.